The van der Waals surface area contributed by atoms with Gasteiger partial charge in [0.25, 0.3) is 0 Å². The number of rotatable bonds is 5. The van der Waals surface area contributed by atoms with E-state index in [0.717, 1.165) is 37.1 Å². The van der Waals surface area contributed by atoms with Crippen LogP contribution in [0.5, 0.6) is 5.75 Å². The van der Waals surface area contributed by atoms with Crippen LogP contribution in [0.3, 0.4) is 0 Å². The van der Waals surface area contributed by atoms with Gasteiger partial charge in [-0.1, -0.05) is 18.2 Å². The molecular formula is C19H28N2O2. The molecule has 23 heavy (non-hydrogen) atoms. The normalized spacial score (nSPS) is 25.0. The molecule has 2 saturated heterocycles. The summed E-state index contributed by atoms with van der Waals surface area (Å²) < 4.78 is 5.39. The van der Waals surface area contributed by atoms with Crippen molar-refractivity contribution in [1.29, 1.82) is 0 Å². The lowest BCUT2D eigenvalue weighted by atomic mass is 10.0. The number of para-hydroxylation sites is 1. The number of likely N-dealkylation sites (N-methyl/N-ethyl adjacent to an activating group) is 1. The van der Waals surface area contributed by atoms with Crippen molar-refractivity contribution in [2.75, 3.05) is 27.2 Å². The number of carbonyl (C=O) groups is 1. The fraction of sp³-hybridized carbons (Fsp3) is 0.632. The Morgan fingerprint density at radius 2 is 1.91 bits per heavy atom. The molecule has 0 aromatic heterocycles. The van der Waals surface area contributed by atoms with Crippen LogP contribution in [0.25, 0.3) is 0 Å². The number of hydrogen-bond acceptors (Lipinski definition) is 3. The summed E-state index contributed by atoms with van der Waals surface area (Å²) in [7, 11) is 3.89. The summed E-state index contributed by atoms with van der Waals surface area (Å²) in [5.74, 6) is 1.19. The van der Waals surface area contributed by atoms with Gasteiger partial charge in [-0.25, -0.2) is 0 Å². The second-order valence-corrected chi connectivity index (χ2v) is 6.80. The zero-order chi connectivity index (χ0) is 16.2. The third-order valence-corrected chi connectivity index (χ3v) is 5.44. The molecule has 126 valence electrons. The minimum absolute atomic E-state index is 0.304. The van der Waals surface area contributed by atoms with E-state index in [1.807, 2.05) is 18.2 Å². The van der Waals surface area contributed by atoms with E-state index in [4.69, 9.17) is 4.74 Å². The van der Waals surface area contributed by atoms with E-state index < -0.39 is 0 Å². The number of benzene rings is 1. The quantitative estimate of drug-likeness (QED) is 0.837. The van der Waals surface area contributed by atoms with Crippen molar-refractivity contribution in [3.63, 3.8) is 0 Å². The second kappa shape index (κ2) is 7.35. The molecule has 0 unspecified atom stereocenters. The molecule has 2 atom stereocenters. The molecule has 2 aliphatic rings. The van der Waals surface area contributed by atoms with E-state index in [9.17, 15) is 4.79 Å². The molecule has 0 radical (unpaired) electrons. The molecule has 1 aromatic carbocycles. The Kier molecular flexibility index (Phi) is 5.21. The highest BCUT2D eigenvalue weighted by atomic mass is 16.5. The monoisotopic (exact) mass is 316 g/mol. The number of nitrogens with zero attached hydrogens (tertiary/aromatic N) is 2. The van der Waals surface area contributed by atoms with Crippen LogP contribution in [0.1, 0.15) is 37.7 Å². The average molecular weight is 316 g/mol. The third kappa shape index (κ3) is 3.52. The fourth-order valence-electron chi connectivity index (χ4n) is 4.22. The Morgan fingerprint density at radius 3 is 2.65 bits per heavy atom. The van der Waals surface area contributed by atoms with Crippen molar-refractivity contribution < 1.29 is 9.53 Å². The fourth-order valence-corrected chi connectivity index (χ4v) is 4.22. The molecule has 2 heterocycles. The van der Waals surface area contributed by atoms with Gasteiger partial charge in [0.15, 0.2) is 0 Å². The van der Waals surface area contributed by atoms with Crippen molar-refractivity contribution >= 4 is 5.91 Å². The van der Waals surface area contributed by atoms with Gasteiger partial charge >= 0.3 is 0 Å². The predicted molar refractivity (Wildman–Crippen MR) is 91.7 cm³/mol. The number of methoxy groups -OCH3 is 1. The summed E-state index contributed by atoms with van der Waals surface area (Å²) in [5.41, 5.74) is 1.12. The van der Waals surface area contributed by atoms with Gasteiger partial charge in [-0.3, -0.25) is 4.79 Å². The SMILES string of the molecule is COc1ccccc1CCC(=O)N1CCC[C@@H]1[C@H]1CCCN1C. The molecular weight excluding hydrogens is 288 g/mol. The van der Waals surface area contributed by atoms with Gasteiger partial charge in [-0.2, -0.15) is 0 Å². The maximum Gasteiger partial charge on any atom is 0.223 e. The van der Waals surface area contributed by atoms with Gasteiger partial charge in [-0.05, 0) is 57.3 Å². The van der Waals surface area contributed by atoms with Crippen LogP contribution in [-0.4, -0.2) is 55.0 Å². The number of aryl methyl sites for hydroxylation is 1. The van der Waals surface area contributed by atoms with Crippen molar-refractivity contribution in [2.45, 2.75) is 50.6 Å². The number of likely N-dealkylation sites (tertiary alicyclic amines) is 2. The Hall–Kier alpha value is -1.55. The van der Waals surface area contributed by atoms with E-state index >= 15 is 0 Å². The van der Waals surface area contributed by atoms with Crippen molar-refractivity contribution in [2.24, 2.45) is 0 Å². The van der Waals surface area contributed by atoms with Crippen LogP contribution in [0.4, 0.5) is 0 Å². The summed E-state index contributed by atoms with van der Waals surface area (Å²) in [5, 5.41) is 0. The van der Waals surface area contributed by atoms with Crippen LogP contribution in [0, 0.1) is 0 Å². The minimum atomic E-state index is 0.304. The van der Waals surface area contributed by atoms with Gasteiger partial charge in [0.2, 0.25) is 5.91 Å². The van der Waals surface area contributed by atoms with Crippen LogP contribution < -0.4 is 4.74 Å². The number of ether oxygens (including phenoxy) is 1. The van der Waals surface area contributed by atoms with Gasteiger partial charge in [-0.15, -0.1) is 0 Å². The van der Waals surface area contributed by atoms with E-state index in [-0.39, 0.29) is 0 Å². The number of hydrogen-bond donors (Lipinski definition) is 0. The van der Waals surface area contributed by atoms with E-state index in [0.29, 0.717) is 24.4 Å². The van der Waals surface area contributed by atoms with Crippen molar-refractivity contribution in [3.8, 4) is 5.75 Å². The van der Waals surface area contributed by atoms with E-state index in [1.165, 1.54) is 19.4 Å². The van der Waals surface area contributed by atoms with Gasteiger partial charge in [0, 0.05) is 25.0 Å². The first-order valence-corrected chi connectivity index (χ1v) is 8.82. The predicted octanol–water partition coefficient (Wildman–Crippen LogP) is 2.71. The standard InChI is InChI=1S/C19H28N2O2/c1-20-13-5-8-16(20)17-9-6-14-21(17)19(22)12-11-15-7-3-4-10-18(15)23-2/h3-4,7,10,16-17H,5-6,8-9,11-14H2,1-2H3/t16-,17-/m1/s1. The van der Waals surface area contributed by atoms with Crippen LogP contribution in [0.15, 0.2) is 24.3 Å². The highest BCUT2D eigenvalue weighted by Crippen LogP contribution is 2.30. The van der Waals surface area contributed by atoms with E-state index in [1.54, 1.807) is 7.11 Å². The van der Waals surface area contributed by atoms with Crippen LogP contribution >= 0.6 is 0 Å². The topological polar surface area (TPSA) is 32.8 Å². The first kappa shape index (κ1) is 16.3. The average Bonchev–Trinajstić information content (AvgIpc) is 3.21. The highest BCUT2D eigenvalue weighted by molar-refractivity contribution is 5.77. The van der Waals surface area contributed by atoms with Gasteiger partial charge in [0.1, 0.15) is 5.75 Å². The lowest BCUT2D eigenvalue weighted by Gasteiger charge is -2.33. The zero-order valence-corrected chi connectivity index (χ0v) is 14.3. The molecule has 2 aliphatic heterocycles. The summed E-state index contributed by atoms with van der Waals surface area (Å²) >= 11 is 0. The molecule has 0 spiro atoms. The summed E-state index contributed by atoms with van der Waals surface area (Å²) in [6.07, 6.45) is 6.14. The zero-order valence-electron chi connectivity index (χ0n) is 14.3. The highest BCUT2D eigenvalue weighted by Gasteiger charge is 2.38. The molecule has 0 aliphatic carbocycles. The Morgan fingerprint density at radius 1 is 1.17 bits per heavy atom. The summed E-state index contributed by atoms with van der Waals surface area (Å²) in [6, 6.07) is 8.98. The van der Waals surface area contributed by atoms with Gasteiger partial charge < -0.3 is 14.5 Å². The Labute approximate surface area is 139 Å². The first-order valence-electron chi connectivity index (χ1n) is 8.82. The summed E-state index contributed by atoms with van der Waals surface area (Å²) in [4.78, 5) is 17.4. The molecule has 1 amide bonds. The maximum atomic E-state index is 12.8. The maximum absolute atomic E-state index is 12.8. The summed E-state index contributed by atoms with van der Waals surface area (Å²) in [6.45, 7) is 2.10. The van der Waals surface area contributed by atoms with E-state index in [2.05, 4.69) is 22.9 Å². The first-order chi connectivity index (χ1) is 11.2. The Balaban J connectivity index is 1.61. The molecule has 0 saturated carbocycles. The molecule has 0 bridgehead atoms. The van der Waals surface area contributed by atoms with Gasteiger partial charge in [0.05, 0.1) is 7.11 Å². The molecule has 1 aromatic rings. The Bertz CT molecular complexity index is 546. The second-order valence-electron chi connectivity index (χ2n) is 6.80. The van der Waals surface area contributed by atoms with Crippen LogP contribution in [-0.2, 0) is 11.2 Å². The van der Waals surface area contributed by atoms with Crippen molar-refractivity contribution in [1.82, 2.24) is 9.80 Å². The molecule has 4 nitrogen and oxygen atoms in total. The molecule has 0 N–H and O–H groups in total. The molecule has 2 fully saturated rings. The van der Waals surface area contributed by atoms with Crippen LogP contribution in [0.2, 0.25) is 0 Å². The number of amides is 1. The lowest BCUT2D eigenvalue weighted by Crippen LogP contribution is -2.47. The largest absolute Gasteiger partial charge is 0.496 e. The molecule has 4 heteroatoms. The molecule has 3 rings (SSSR count). The third-order valence-electron chi connectivity index (χ3n) is 5.44. The van der Waals surface area contributed by atoms with Crippen molar-refractivity contribution in [3.05, 3.63) is 29.8 Å². The smallest absolute Gasteiger partial charge is 0.223 e. The lowest BCUT2D eigenvalue weighted by molar-refractivity contribution is -0.132. The minimum Gasteiger partial charge on any atom is -0.496 e. The number of carbonyl (C=O) groups excluding carboxylic acids is 1.